The molecule has 0 spiro atoms. The molecule has 0 saturated carbocycles. The van der Waals surface area contributed by atoms with Crippen molar-refractivity contribution in [2.45, 2.75) is 12.0 Å². The summed E-state index contributed by atoms with van der Waals surface area (Å²) in [5.74, 6) is -0.756. The van der Waals surface area contributed by atoms with E-state index in [1.807, 2.05) is 0 Å². The minimum atomic E-state index is -4.05. The monoisotopic (exact) mass is 297 g/mol. The van der Waals surface area contributed by atoms with Crippen molar-refractivity contribution in [3.63, 3.8) is 0 Å². The van der Waals surface area contributed by atoms with Crippen molar-refractivity contribution in [2.75, 3.05) is 10.8 Å². The van der Waals surface area contributed by atoms with E-state index in [1.165, 1.54) is 36.4 Å². The molecule has 0 radical (unpaired) electrons. The number of carbonyl (C=O) groups excluding carboxylic acids is 1. The molecule has 7 heteroatoms. The maximum atomic E-state index is 13.8. The molecule has 1 aromatic heterocycles. The van der Waals surface area contributed by atoms with Crippen LogP contribution >= 0.6 is 0 Å². The van der Waals surface area contributed by atoms with Crippen LogP contribution in [-0.4, -0.2) is 21.2 Å². The first-order valence-corrected chi connectivity index (χ1v) is 7.27. The van der Waals surface area contributed by atoms with E-state index < -0.39 is 20.9 Å². The molecule has 0 bridgehead atoms. The van der Waals surface area contributed by atoms with E-state index in [-0.39, 0.29) is 18.0 Å². The van der Waals surface area contributed by atoms with Crippen molar-refractivity contribution in [2.24, 2.45) is 0 Å². The van der Waals surface area contributed by atoms with E-state index >= 15 is 0 Å². The van der Waals surface area contributed by atoms with Crippen LogP contribution in [0.3, 0.4) is 0 Å². The van der Waals surface area contributed by atoms with Crippen molar-refractivity contribution in [1.29, 1.82) is 0 Å². The van der Waals surface area contributed by atoms with Crippen molar-refractivity contribution in [1.82, 2.24) is 0 Å². The number of benzene rings is 1. The molecule has 2 rings (SSSR count). The first-order chi connectivity index (χ1) is 9.50. The third-order valence-corrected chi connectivity index (χ3v) is 4.43. The van der Waals surface area contributed by atoms with Gasteiger partial charge in [0.15, 0.2) is 12.0 Å². The summed E-state index contributed by atoms with van der Waals surface area (Å²) < 4.78 is 44.3. The summed E-state index contributed by atoms with van der Waals surface area (Å²) in [7, 11) is -4.05. The van der Waals surface area contributed by atoms with Gasteiger partial charge in [-0.25, -0.2) is 4.39 Å². The molecule has 1 heterocycles. The standard InChI is InChI=1S/C13H12FNO4S/c1-2-15(12-6-4-3-5-11(12)14)20(17,18)13-8-7-10(9-16)19-13/h3-9H,2H2,1H3. The molecule has 0 atom stereocenters. The van der Waals surface area contributed by atoms with Gasteiger partial charge in [-0.15, -0.1) is 0 Å². The van der Waals surface area contributed by atoms with Gasteiger partial charge < -0.3 is 4.42 Å². The fraction of sp³-hybridized carbons (Fsp3) is 0.154. The molecule has 5 nitrogen and oxygen atoms in total. The van der Waals surface area contributed by atoms with Crippen molar-refractivity contribution >= 4 is 22.0 Å². The Balaban J connectivity index is 2.50. The van der Waals surface area contributed by atoms with Gasteiger partial charge in [-0.3, -0.25) is 9.10 Å². The lowest BCUT2D eigenvalue weighted by Gasteiger charge is -2.21. The highest BCUT2D eigenvalue weighted by Crippen LogP contribution is 2.26. The highest BCUT2D eigenvalue weighted by atomic mass is 32.2. The second kappa shape index (κ2) is 5.46. The maximum Gasteiger partial charge on any atom is 0.297 e. The molecule has 1 aromatic carbocycles. The topological polar surface area (TPSA) is 67.6 Å². The first kappa shape index (κ1) is 14.3. The summed E-state index contributed by atoms with van der Waals surface area (Å²) in [6.07, 6.45) is 0.401. The Morgan fingerprint density at radius 1 is 1.25 bits per heavy atom. The number of para-hydroxylation sites is 1. The van der Waals surface area contributed by atoms with Crippen molar-refractivity contribution in [3.8, 4) is 0 Å². The molecule has 0 unspecified atom stereocenters. The molecule has 2 aromatic rings. The number of aldehydes is 1. The van der Waals surface area contributed by atoms with Crippen LogP contribution in [0.4, 0.5) is 10.1 Å². The molecule has 0 fully saturated rings. The van der Waals surface area contributed by atoms with Crippen LogP contribution in [0.15, 0.2) is 45.9 Å². The average molecular weight is 297 g/mol. The number of hydrogen-bond donors (Lipinski definition) is 0. The van der Waals surface area contributed by atoms with Gasteiger partial charge in [0.1, 0.15) is 5.82 Å². The van der Waals surface area contributed by atoms with Gasteiger partial charge in [0, 0.05) is 6.54 Å². The van der Waals surface area contributed by atoms with E-state index in [0.29, 0.717) is 6.29 Å². The minimum Gasteiger partial charge on any atom is -0.440 e. The Bertz CT molecular complexity index is 723. The second-order valence-electron chi connectivity index (χ2n) is 3.90. The Kier molecular flexibility index (Phi) is 3.89. The van der Waals surface area contributed by atoms with Gasteiger partial charge in [0.05, 0.1) is 5.69 Å². The van der Waals surface area contributed by atoms with E-state index in [4.69, 9.17) is 4.42 Å². The lowest BCUT2D eigenvalue weighted by Crippen LogP contribution is -2.31. The molecule has 0 N–H and O–H groups in total. The van der Waals surface area contributed by atoms with E-state index in [0.717, 1.165) is 4.31 Å². The van der Waals surface area contributed by atoms with E-state index in [9.17, 15) is 17.6 Å². The third kappa shape index (κ3) is 2.44. The first-order valence-electron chi connectivity index (χ1n) is 5.83. The third-order valence-electron chi connectivity index (χ3n) is 2.67. The smallest absolute Gasteiger partial charge is 0.297 e. The predicted octanol–water partition coefficient (Wildman–Crippen LogP) is 2.45. The van der Waals surface area contributed by atoms with Gasteiger partial charge in [-0.05, 0) is 31.2 Å². The molecule has 0 aliphatic heterocycles. The highest BCUT2D eigenvalue weighted by molar-refractivity contribution is 7.92. The van der Waals surface area contributed by atoms with Crippen molar-refractivity contribution < 1.29 is 22.0 Å². The van der Waals surface area contributed by atoms with Gasteiger partial charge in [-0.2, -0.15) is 8.42 Å². The Labute approximate surface area is 115 Å². The Morgan fingerprint density at radius 2 is 1.95 bits per heavy atom. The van der Waals surface area contributed by atoms with Crippen LogP contribution in [0.25, 0.3) is 0 Å². The van der Waals surface area contributed by atoms with E-state index in [1.54, 1.807) is 6.92 Å². The van der Waals surface area contributed by atoms with Crippen molar-refractivity contribution in [3.05, 3.63) is 48.0 Å². The quantitative estimate of drug-likeness (QED) is 0.795. The molecule has 20 heavy (non-hydrogen) atoms. The zero-order valence-corrected chi connectivity index (χ0v) is 11.4. The average Bonchev–Trinajstić information content (AvgIpc) is 2.91. The number of furan rings is 1. The summed E-state index contributed by atoms with van der Waals surface area (Å²) in [4.78, 5) is 10.5. The van der Waals surface area contributed by atoms with Crippen LogP contribution in [0.2, 0.25) is 0 Å². The Hall–Kier alpha value is -2.15. The van der Waals surface area contributed by atoms with Gasteiger partial charge in [0.2, 0.25) is 5.09 Å². The highest BCUT2D eigenvalue weighted by Gasteiger charge is 2.28. The molecular weight excluding hydrogens is 285 g/mol. The number of sulfonamides is 1. The lowest BCUT2D eigenvalue weighted by atomic mass is 10.3. The fourth-order valence-electron chi connectivity index (χ4n) is 1.77. The minimum absolute atomic E-state index is 0.0282. The number of anilines is 1. The summed E-state index contributed by atoms with van der Waals surface area (Å²) in [6.45, 7) is 1.61. The zero-order valence-electron chi connectivity index (χ0n) is 10.6. The summed E-state index contributed by atoms with van der Waals surface area (Å²) in [5, 5.41) is -0.398. The molecule has 0 saturated heterocycles. The van der Waals surface area contributed by atoms with Gasteiger partial charge in [-0.1, -0.05) is 12.1 Å². The molecular formula is C13H12FNO4S. The second-order valence-corrected chi connectivity index (χ2v) is 5.69. The number of carbonyl (C=O) groups is 1. The molecule has 0 amide bonds. The Morgan fingerprint density at radius 3 is 2.50 bits per heavy atom. The van der Waals surface area contributed by atoms with Gasteiger partial charge >= 0.3 is 0 Å². The molecule has 106 valence electrons. The number of rotatable bonds is 5. The SMILES string of the molecule is CCN(c1ccccc1F)S(=O)(=O)c1ccc(C=O)o1. The van der Waals surface area contributed by atoms with Crippen LogP contribution < -0.4 is 4.31 Å². The van der Waals surface area contributed by atoms with Crippen LogP contribution in [0.5, 0.6) is 0 Å². The zero-order chi connectivity index (χ0) is 14.8. The molecule has 0 aliphatic carbocycles. The number of halogens is 1. The normalized spacial score (nSPS) is 11.3. The van der Waals surface area contributed by atoms with E-state index in [2.05, 4.69) is 0 Å². The summed E-state index contributed by atoms with van der Waals surface area (Å²) >= 11 is 0. The fourth-order valence-corrected chi connectivity index (χ4v) is 3.17. The number of hydrogen-bond acceptors (Lipinski definition) is 4. The number of nitrogens with zero attached hydrogens (tertiary/aromatic N) is 1. The largest absolute Gasteiger partial charge is 0.440 e. The molecule has 0 aliphatic rings. The maximum absolute atomic E-state index is 13.8. The lowest BCUT2D eigenvalue weighted by molar-refractivity contribution is 0.109. The van der Waals surface area contributed by atoms with Crippen LogP contribution in [0.1, 0.15) is 17.5 Å². The van der Waals surface area contributed by atoms with Crippen LogP contribution in [-0.2, 0) is 10.0 Å². The van der Waals surface area contributed by atoms with Crippen LogP contribution in [0, 0.1) is 5.82 Å². The van der Waals surface area contributed by atoms with Gasteiger partial charge in [0.25, 0.3) is 10.0 Å². The predicted molar refractivity (Wildman–Crippen MR) is 70.7 cm³/mol. The summed E-state index contributed by atoms with van der Waals surface area (Å²) in [6, 6.07) is 7.95. The summed E-state index contributed by atoms with van der Waals surface area (Å²) in [5.41, 5.74) is -0.0703.